The van der Waals surface area contributed by atoms with E-state index in [1.54, 1.807) is 16.2 Å². The molecule has 2 rings (SSSR count). The van der Waals surface area contributed by atoms with Crippen LogP contribution >= 0.6 is 11.3 Å². The normalized spacial score (nSPS) is 20.7. The van der Waals surface area contributed by atoms with Crippen LogP contribution in [0.1, 0.15) is 17.3 Å². The fraction of sp³-hybridized carbons (Fsp3) is 0.500. The number of urea groups is 1. The van der Waals surface area contributed by atoms with Gasteiger partial charge in [-0.25, -0.2) is 4.79 Å². The van der Waals surface area contributed by atoms with Crippen LogP contribution in [0.4, 0.5) is 4.79 Å². The van der Waals surface area contributed by atoms with E-state index < -0.39 is 0 Å². The van der Waals surface area contributed by atoms with Gasteiger partial charge >= 0.3 is 6.03 Å². The molecule has 4 nitrogen and oxygen atoms in total. The molecule has 1 fully saturated rings. The fourth-order valence-electron chi connectivity index (χ4n) is 1.69. The summed E-state index contributed by atoms with van der Waals surface area (Å²) < 4.78 is 0. The van der Waals surface area contributed by atoms with Crippen LogP contribution < -0.4 is 5.32 Å². The zero-order chi connectivity index (χ0) is 10.7. The first-order chi connectivity index (χ1) is 7.31. The van der Waals surface area contributed by atoms with Gasteiger partial charge < -0.3 is 15.3 Å². The molecular formula is C10H14N2O2S. The first-order valence-corrected chi connectivity index (χ1v) is 5.89. The van der Waals surface area contributed by atoms with Crippen LogP contribution in [0.5, 0.6) is 0 Å². The monoisotopic (exact) mass is 226 g/mol. The van der Waals surface area contributed by atoms with Gasteiger partial charge in [0.25, 0.3) is 0 Å². The molecule has 0 aromatic carbocycles. The number of nitrogens with zero attached hydrogens (tertiary/aromatic N) is 1. The molecule has 1 aliphatic rings. The van der Waals surface area contributed by atoms with Gasteiger partial charge in [-0.2, -0.15) is 0 Å². The van der Waals surface area contributed by atoms with Crippen LogP contribution in [0, 0.1) is 0 Å². The SMILES string of the molecule is O=C1NC(c2cccs2)CN1CCCO. The highest BCUT2D eigenvalue weighted by molar-refractivity contribution is 7.10. The molecule has 0 spiro atoms. The van der Waals surface area contributed by atoms with Crippen molar-refractivity contribution in [1.29, 1.82) is 0 Å². The summed E-state index contributed by atoms with van der Waals surface area (Å²) in [6.07, 6.45) is 0.643. The highest BCUT2D eigenvalue weighted by Gasteiger charge is 2.29. The topological polar surface area (TPSA) is 52.6 Å². The van der Waals surface area contributed by atoms with Crippen molar-refractivity contribution in [3.8, 4) is 0 Å². The van der Waals surface area contributed by atoms with Crippen molar-refractivity contribution < 1.29 is 9.90 Å². The molecule has 15 heavy (non-hydrogen) atoms. The Kier molecular flexibility index (Phi) is 3.23. The summed E-state index contributed by atoms with van der Waals surface area (Å²) in [6, 6.07) is 4.12. The highest BCUT2D eigenvalue weighted by Crippen LogP contribution is 2.24. The van der Waals surface area contributed by atoms with E-state index in [2.05, 4.69) is 5.32 Å². The fourth-order valence-corrected chi connectivity index (χ4v) is 2.46. The van der Waals surface area contributed by atoms with E-state index in [1.807, 2.05) is 17.5 Å². The molecule has 0 radical (unpaired) electrons. The van der Waals surface area contributed by atoms with Gasteiger partial charge in [-0.05, 0) is 17.9 Å². The minimum atomic E-state index is -0.0261. The Balaban J connectivity index is 1.95. The van der Waals surface area contributed by atoms with Crippen LogP contribution in [-0.2, 0) is 0 Å². The molecule has 1 saturated heterocycles. The van der Waals surface area contributed by atoms with Crippen molar-refractivity contribution >= 4 is 17.4 Å². The first kappa shape index (κ1) is 10.4. The van der Waals surface area contributed by atoms with Gasteiger partial charge in [-0.15, -0.1) is 11.3 Å². The van der Waals surface area contributed by atoms with E-state index in [9.17, 15) is 4.79 Å². The highest BCUT2D eigenvalue weighted by atomic mass is 32.1. The van der Waals surface area contributed by atoms with Gasteiger partial charge in [0, 0.05) is 24.6 Å². The maximum atomic E-state index is 11.5. The molecule has 1 unspecified atom stereocenters. The van der Waals surface area contributed by atoms with Crippen LogP contribution in [0.2, 0.25) is 0 Å². The molecular weight excluding hydrogens is 212 g/mol. The molecule has 2 N–H and O–H groups in total. The zero-order valence-electron chi connectivity index (χ0n) is 8.35. The summed E-state index contributed by atoms with van der Waals surface area (Å²) in [5.74, 6) is 0. The molecule has 2 heterocycles. The second-order valence-corrected chi connectivity index (χ2v) is 4.52. The summed E-state index contributed by atoms with van der Waals surface area (Å²) in [5.41, 5.74) is 0. The van der Waals surface area contributed by atoms with Gasteiger partial charge in [0.1, 0.15) is 0 Å². The Morgan fingerprint density at radius 2 is 2.53 bits per heavy atom. The first-order valence-electron chi connectivity index (χ1n) is 5.01. The lowest BCUT2D eigenvalue weighted by molar-refractivity contribution is 0.209. The van der Waals surface area contributed by atoms with Gasteiger partial charge in [0.2, 0.25) is 0 Å². The number of carbonyl (C=O) groups excluding carboxylic acids is 1. The number of hydrogen-bond acceptors (Lipinski definition) is 3. The lowest BCUT2D eigenvalue weighted by Gasteiger charge is -2.12. The minimum absolute atomic E-state index is 0.0261. The van der Waals surface area contributed by atoms with Crippen molar-refractivity contribution in [2.45, 2.75) is 12.5 Å². The molecule has 0 aliphatic carbocycles. The Morgan fingerprint density at radius 3 is 3.20 bits per heavy atom. The zero-order valence-corrected chi connectivity index (χ0v) is 9.17. The largest absolute Gasteiger partial charge is 0.396 e. The average molecular weight is 226 g/mol. The number of hydrogen-bond donors (Lipinski definition) is 2. The van der Waals surface area contributed by atoms with Crippen LogP contribution in [0.25, 0.3) is 0 Å². The molecule has 1 aliphatic heterocycles. The summed E-state index contributed by atoms with van der Waals surface area (Å²) in [6.45, 7) is 1.47. The number of amides is 2. The molecule has 0 bridgehead atoms. The van der Waals surface area contributed by atoms with Crippen LogP contribution in [0.15, 0.2) is 17.5 Å². The summed E-state index contributed by atoms with van der Waals surface area (Å²) >= 11 is 1.66. The van der Waals surface area contributed by atoms with Gasteiger partial charge in [-0.1, -0.05) is 6.07 Å². The third-order valence-electron chi connectivity index (χ3n) is 2.46. The number of rotatable bonds is 4. The Bertz CT molecular complexity index is 326. The Morgan fingerprint density at radius 1 is 1.67 bits per heavy atom. The smallest absolute Gasteiger partial charge is 0.318 e. The summed E-state index contributed by atoms with van der Waals surface area (Å²) in [5, 5.41) is 13.6. The maximum Gasteiger partial charge on any atom is 0.318 e. The second kappa shape index (κ2) is 4.63. The predicted octanol–water partition coefficient (Wildman–Crippen LogP) is 1.20. The quantitative estimate of drug-likeness (QED) is 0.810. The lowest BCUT2D eigenvalue weighted by Crippen LogP contribution is -2.29. The molecule has 2 amide bonds. The second-order valence-electron chi connectivity index (χ2n) is 3.54. The summed E-state index contributed by atoms with van der Waals surface area (Å²) in [7, 11) is 0. The van der Waals surface area contributed by atoms with Crippen molar-refractivity contribution in [2.75, 3.05) is 19.7 Å². The average Bonchev–Trinajstić information content (AvgIpc) is 2.83. The van der Waals surface area contributed by atoms with Gasteiger partial charge in [0.15, 0.2) is 0 Å². The number of carbonyl (C=O) groups is 1. The standard InChI is InChI=1S/C10H14N2O2S/c13-5-2-4-12-7-8(11-10(12)14)9-3-1-6-15-9/h1,3,6,8,13H,2,4-5,7H2,(H,11,14). The van der Waals surface area contributed by atoms with Gasteiger partial charge in [-0.3, -0.25) is 0 Å². The maximum absolute atomic E-state index is 11.5. The molecule has 5 heteroatoms. The predicted molar refractivity (Wildman–Crippen MR) is 58.9 cm³/mol. The van der Waals surface area contributed by atoms with E-state index in [0.717, 1.165) is 0 Å². The van der Waals surface area contributed by atoms with E-state index in [1.165, 1.54) is 4.88 Å². The number of thiophene rings is 1. The van der Waals surface area contributed by atoms with Crippen LogP contribution in [-0.4, -0.2) is 35.7 Å². The Hall–Kier alpha value is -1.07. The van der Waals surface area contributed by atoms with Crippen molar-refractivity contribution in [2.24, 2.45) is 0 Å². The number of nitrogens with one attached hydrogen (secondary N) is 1. The number of aliphatic hydroxyl groups is 1. The van der Waals surface area contributed by atoms with Crippen molar-refractivity contribution in [3.63, 3.8) is 0 Å². The van der Waals surface area contributed by atoms with E-state index in [0.29, 0.717) is 19.5 Å². The van der Waals surface area contributed by atoms with E-state index >= 15 is 0 Å². The molecule has 1 aromatic rings. The third kappa shape index (κ3) is 2.30. The Labute approximate surface area is 92.5 Å². The minimum Gasteiger partial charge on any atom is -0.396 e. The summed E-state index contributed by atoms with van der Waals surface area (Å²) in [4.78, 5) is 14.5. The molecule has 1 atom stereocenters. The number of aliphatic hydroxyl groups excluding tert-OH is 1. The molecule has 1 aromatic heterocycles. The lowest BCUT2D eigenvalue weighted by atomic mass is 10.2. The third-order valence-corrected chi connectivity index (χ3v) is 3.45. The van der Waals surface area contributed by atoms with Crippen molar-refractivity contribution in [3.05, 3.63) is 22.4 Å². The van der Waals surface area contributed by atoms with E-state index in [4.69, 9.17) is 5.11 Å². The van der Waals surface area contributed by atoms with Crippen LogP contribution in [0.3, 0.4) is 0 Å². The van der Waals surface area contributed by atoms with Gasteiger partial charge in [0.05, 0.1) is 6.04 Å². The molecule has 82 valence electrons. The van der Waals surface area contributed by atoms with Crippen molar-refractivity contribution in [1.82, 2.24) is 10.2 Å². The van der Waals surface area contributed by atoms with E-state index in [-0.39, 0.29) is 18.7 Å². The molecule has 0 saturated carbocycles.